The Morgan fingerprint density at radius 2 is 2.06 bits per heavy atom. The topological polar surface area (TPSA) is 32.3 Å². The first kappa shape index (κ1) is 13.0. The number of benzene rings is 1. The Morgan fingerprint density at radius 3 is 2.67 bits per heavy atom. The first-order chi connectivity index (χ1) is 8.54. The molecule has 1 saturated heterocycles. The third-order valence-corrected chi connectivity index (χ3v) is 3.00. The molecule has 0 aromatic heterocycles. The second-order valence-corrected chi connectivity index (χ2v) is 4.65. The van der Waals surface area contributed by atoms with Crippen molar-refractivity contribution >= 4 is 5.91 Å². The van der Waals surface area contributed by atoms with Crippen LogP contribution in [0.15, 0.2) is 18.2 Å². The molecule has 1 aliphatic heterocycles. The molecule has 1 atom stereocenters. The second-order valence-electron chi connectivity index (χ2n) is 4.65. The van der Waals surface area contributed by atoms with E-state index in [0.717, 1.165) is 12.6 Å². The Bertz CT molecular complexity index is 430. The van der Waals surface area contributed by atoms with E-state index in [1.54, 1.807) is 4.90 Å². The number of rotatable bonds is 2. The number of nitrogens with zero attached hydrogens (tertiary/aromatic N) is 1. The zero-order valence-corrected chi connectivity index (χ0v) is 10.2. The standard InChI is InChI=1S/C13H16F2N2O/c1-9-8-17(3-2-16-9)13(18)6-10-4-11(14)7-12(15)5-10/h4-5,7,9,16H,2-3,6,8H2,1H3. The van der Waals surface area contributed by atoms with Gasteiger partial charge in [-0.3, -0.25) is 4.79 Å². The van der Waals surface area contributed by atoms with Crippen LogP contribution in [0.5, 0.6) is 0 Å². The fourth-order valence-corrected chi connectivity index (χ4v) is 2.16. The van der Waals surface area contributed by atoms with Crippen molar-refractivity contribution in [2.75, 3.05) is 19.6 Å². The van der Waals surface area contributed by atoms with Gasteiger partial charge in [0.2, 0.25) is 5.91 Å². The molecular formula is C13H16F2N2O. The second kappa shape index (κ2) is 5.44. The Kier molecular flexibility index (Phi) is 3.91. The number of hydrogen-bond acceptors (Lipinski definition) is 2. The maximum Gasteiger partial charge on any atom is 0.227 e. The Morgan fingerprint density at radius 1 is 1.39 bits per heavy atom. The van der Waals surface area contributed by atoms with E-state index in [9.17, 15) is 13.6 Å². The third kappa shape index (κ3) is 3.26. The maximum absolute atomic E-state index is 13.0. The molecule has 0 radical (unpaired) electrons. The summed E-state index contributed by atoms with van der Waals surface area (Å²) < 4.78 is 26.0. The lowest BCUT2D eigenvalue weighted by molar-refractivity contribution is -0.131. The predicted octanol–water partition coefficient (Wildman–Crippen LogP) is 1.33. The zero-order chi connectivity index (χ0) is 13.1. The van der Waals surface area contributed by atoms with Crippen molar-refractivity contribution in [2.24, 2.45) is 0 Å². The van der Waals surface area contributed by atoms with Crippen LogP contribution in [0.2, 0.25) is 0 Å². The number of hydrogen-bond donors (Lipinski definition) is 1. The molecule has 1 heterocycles. The van der Waals surface area contributed by atoms with Gasteiger partial charge in [-0.25, -0.2) is 8.78 Å². The Balaban J connectivity index is 2.02. The molecule has 98 valence electrons. The summed E-state index contributed by atoms with van der Waals surface area (Å²) in [6.45, 7) is 4.03. The summed E-state index contributed by atoms with van der Waals surface area (Å²) >= 11 is 0. The molecule has 1 aromatic rings. The molecule has 0 saturated carbocycles. The average Bonchev–Trinajstić information content (AvgIpc) is 2.27. The number of halogens is 2. The molecule has 1 aromatic carbocycles. The van der Waals surface area contributed by atoms with Crippen molar-refractivity contribution in [3.8, 4) is 0 Å². The van der Waals surface area contributed by atoms with Crippen LogP contribution in [0.25, 0.3) is 0 Å². The van der Waals surface area contributed by atoms with Crippen LogP contribution >= 0.6 is 0 Å². The molecule has 1 unspecified atom stereocenters. The lowest BCUT2D eigenvalue weighted by Crippen LogP contribution is -2.51. The predicted molar refractivity (Wildman–Crippen MR) is 64.1 cm³/mol. The zero-order valence-electron chi connectivity index (χ0n) is 10.2. The van der Waals surface area contributed by atoms with E-state index in [1.807, 2.05) is 6.92 Å². The van der Waals surface area contributed by atoms with Crippen LogP contribution in [0.1, 0.15) is 12.5 Å². The lowest BCUT2D eigenvalue weighted by Gasteiger charge is -2.32. The summed E-state index contributed by atoms with van der Waals surface area (Å²) in [7, 11) is 0. The van der Waals surface area contributed by atoms with E-state index in [0.29, 0.717) is 18.7 Å². The normalized spacial score (nSPS) is 19.9. The van der Waals surface area contributed by atoms with Crippen LogP contribution in [0.4, 0.5) is 8.78 Å². The largest absolute Gasteiger partial charge is 0.340 e. The van der Waals surface area contributed by atoms with Gasteiger partial charge in [-0.1, -0.05) is 0 Å². The third-order valence-electron chi connectivity index (χ3n) is 3.00. The highest BCUT2D eigenvalue weighted by Gasteiger charge is 2.20. The van der Waals surface area contributed by atoms with Crippen LogP contribution in [-0.4, -0.2) is 36.5 Å². The molecule has 0 aliphatic carbocycles. The first-order valence-corrected chi connectivity index (χ1v) is 6.01. The van der Waals surface area contributed by atoms with Crippen LogP contribution in [0, 0.1) is 11.6 Å². The van der Waals surface area contributed by atoms with E-state index in [1.165, 1.54) is 12.1 Å². The molecule has 1 amide bonds. The highest BCUT2D eigenvalue weighted by Crippen LogP contribution is 2.10. The molecule has 3 nitrogen and oxygen atoms in total. The van der Waals surface area contributed by atoms with Crippen molar-refractivity contribution in [3.05, 3.63) is 35.4 Å². The Labute approximate surface area is 105 Å². The SMILES string of the molecule is CC1CN(C(=O)Cc2cc(F)cc(F)c2)CCN1. The molecule has 5 heteroatoms. The summed E-state index contributed by atoms with van der Waals surface area (Å²) in [5.74, 6) is -1.38. The molecule has 2 rings (SSSR count). The van der Waals surface area contributed by atoms with E-state index < -0.39 is 11.6 Å². The summed E-state index contributed by atoms with van der Waals surface area (Å²) in [6, 6.07) is 3.46. The molecule has 1 fully saturated rings. The van der Waals surface area contributed by atoms with Crippen LogP contribution in [-0.2, 0) is 11.2 Å². The number of carbonyl (C=O) groups excluding carboxylic acids is 1. The molecule has 0 spiro atoms. The van der Waals surface area contributed by atoms with E-state index in [2.05, 4.69) is 5.32 Å². The lowest BCUT2D eigenvalue weighted by atomic mass is 10.1. The summed E-state index contributed by atoms with van der Waals surface area (Å²) in [5.41, 5.74) is 0.378. The minimum Gasteiger partial charge on any atom is -0.340 e. The van der Waals surface area contributed by atoms with E-state index in [-0.39, 0.29) is 18.4 Å². The monoisotopic (exact) mass is 254 g/mol. The first-order valence-electron chi connectivity index (χ1n) is 6.01. The van der Waals surface area contributed by atoms with E-state index in [4.69, 9.17) is 0 Å². The van der Waals surface area contributed by atoms with Crippen molar-refractivity contribution in [1.29, 1.82) is 0 Å². The van der Waals surface area contributed by atoms with Crippen LogP contribution < -0.4 is 5.32 Å². The van der Waals surface area contributed by atoms with Gasteiger partial charge >= 0.3 is 0 Å². The number of nitrogens with one attached hydrogen (secondary N) is 1. The number of piperazine rings is 1. The molecule has 18 heavy (non-hydrogen) atoms. The Hall–Kier alpha value is -1.49. The highest BCUT2D eigenvalue weighted by atomic mass is 19.1. The van der Waals surface area contributed by atoms with Crippen LogP contribution in [0.3, 0.4) is 0 Å². The number of amides is 1. The highest BCUT2D eigenvalue weighted by molar-refractivity contribution is 5.79. The molecular weight excluding hydrogens is 238 g/mol. The van der Waals surface area contributed by atoms with Crippen molar-refractivity contribution in [1.82, 2.24) is 10.2 Å². The maximum atomic E-state index is 13.0. The fourth-order valence-electron chi connectivity index (χ4n) is 2.16. The van der Waals surface area contributed by atoms with Gasteiger partial charge in [0.25, 0.3) is 0 Å². The smallest absolute Gasteiger partial charge is 0.227 e. The number of carbonyl (C=O) groups is 1. The van der Waals surface area contributed by atoms with Gasteiger partial charge in [-0.15, -0.1) is 0 Å². The molecule has 0 bridgehead atoms. The van der Waals surface area contributed by atoms with Crippen molar-refractivity contribution in [2.45, 2.75) is 19.4 Å². The summed E-state index contributed by atoms with van der Waals surface area (Å²) in [5, 5.41) is 3.24. The minimum atomic E-state index is -0.647. The van der Waals surface area contributed by atoms with Gasteiger partial charge in [0.05, 0.1) is 6.42 Å². The van der Waals surface area contributed by atoms with Gasteiger partial charge in [-0.05, 0) is 24.6 Å². The fraction of sp³-hybridized carbons (Fsp3) is 0.462. The van der Waals surface area contributed by atoms with Gasteiger partial charge in [0, 0.05) is 31.7 Å². The minimum absolute atomic E-state index is 0.0431. The van der Waals surface area contributed by atoms with Gasteiger partial charge in [0.15, 0.2) is 0 Å². The molecule has 1 N–H and O–H groups in total. The average molecular weight is 254 g/mol. The summed E-state index contributed by atoms with van der Waals surface area (Å²) in [6.07, 6.45) is 0.0431. The summed E-state index contributed by atoms with van der Waals surface area (Å²) in [4.78, 5) is 13.7. The van der Waals surface area contributed by atoms with Crippen molar-refractivity contribution < 1.29 is 13.6 Å². The molecule has 1 aliphatic rings. The van der Waals surface area contributed by atoms with Gasteiger partial charge in [-0.2, -0.15) is 0 Å². The van der Waals surface area contributed by atoms with Crippen molar-refractivity contribution in [3.63, 3.8) is 0 Å². The van der Waals surface area contributed by atoms with Gasteiger partial charge < -0.3 is 10.2 Å². The van der Waals surface area contributed by atoms with Gasteiger partial charge in [0.1, 0.15) is 11.6 Å². The quantitative estimate of drug-likeness (QED) is 0.863. The van der Waals surface area contributed by atoms with E-state index >= 15 is 0 Å².